The molecule has 0 saturated heterocycles. The molecule has 0 unspecified atom stereocenters. The highest BCUT2D eigenvalue weighted by molar-refractivity contribution is 6.30. The van der Waals surface area contributed by atoms with Gasteiger partial charge < -0.3 is 4.74 Å². The number of rotatable bonds is 4. The molecule has 0 radical (unpaired) electrons. The van der Waals surface area contributed by atoms with Crippen molar-refractivity contribution in [2.45, 2.75) is 20.0 Å². The molecule has 2 aromatic rings. The maximum absolute atomic E-state index is 5.89. The molecular formula is C15H15ClO. The first-order valence-corrected chi connectivity index (χ1v) is 6.12. The Labute approximate surface area is 107 Å². The SMILES string of the molecule is CCc1ccc(COc2cccc(Cl)c2)cc1. The Hall–Kier alpha value is -1.47. The van der Waals surface area contributed by atoms with Gasteiger partial charge in [-0.2, -0.15) is 0 Å². The van der Waals surface area contributed by atoms with Gasteiger partial charge in [0.25, 0.3) is 0 Å². The normalized spacial score (nSPS) is 10.2. The van der Waals surface area contributed by atoms with E-state index in [4.69, 9.17) is 16.3 Å². The Kier molecular flexibility index (Phi) is 4.05. The summed E-state index contributed by atoms with van der Waals surface area (Å²) in [5.41, 5.74) is 2.51. The van der Waals surface area contributed by atoms with Crippen molar-refractivity contribution in [2.75, 3.05) is 0 Å². The van der Waals surface area contributed by atoms with Gasteiger partial charge in [-0.15, -0.1) is 0 Å². The van der Waals surface area contributed by atoms with E-state index >= 15 is 0 Å². The van der Waals surface area contributed by atoms with E-state index in [0.29, 0.717) is 11.6 Å². The van der Waals surface area contributed by atoms with Gasteiger partial charge in [0, 0.05) is 5.02 Å². The molecule has 0 aromatic heterocycles. The molecular weight excluding hydrogens is 232 g/mol. The Bertz CT molecular complexity index is 477. The molecule has 1 nitrogen and oxygen atoms in total. The zero-order valence-corrected chi connectivity index (χ0v) is 10.6. The molecule has 2 rings (SSSR count). The van der Waals surface area contributed by atoms with E-state index < -0.39 is 0 Å². The molecule has 2 aromatic carbocycles. The van der Waals surface area contributed by atoms with E-state index in [1.54, 1.807) is 0 Å². The van der Waals surface area contributed by atoms with Gasteiger partial charge in [0.15, 0.2) is 0 Å². The second-order valence-electron chi connectivity index (χ2n) is 3.92. The highest BCUT2D eigenvalue weighted by atomic mass is 35.5. The molecule has 0 aliphatic rings. The Balaban J connectivity index is 1.97. The van der Waals surface area contributed by atoms with E-state index in [1.165, 1.54) is 11.1 Å². The third-order valence-electron chi connectivity index (χ3n) is 2.63. The highest BCUT2D eigenvalue weighted by Crippen LogP contribution is 2.18. The van der Waals surface area contributed by atoms with Crippen molar-refractivity contribution in [1.82, 2.24) is 0 Å². The maximum Gasteiger partial charge on any atom is 0.121 e. The zero-order chi connectivity index (χ0) is 12.1. The largest absolute Gasteiger partial charge is 0.489 e. The molecule has 17 heavy (non-hydrogen) atoms. The van der Waals surface area contributed by atoms with Gasteiger partial charge in [0.05, 0.1) is 0 Å². The van der Waals surface area contributed by atoms with Crippen LogP contribution in [0.1, 0.15) is 18.1 Å². The van der Waals surface area contributed by atoms with Gasteiger partial charge in [-0.3, -0.25) is 0 Å². The second kappa shape index (κ2) is 5.74. The smallest absolute Gasteiger partial charge is 0.121 e. The number of hydrogen-bond donors (Lipinski definition) is 0. The van der Waals surface area contributed by atoms with Crippen LogP contribution < -0.4 is 4.74 Å². The molecule has 0 aliphatic heterocycles. The molecule has 0 N–H and O–H groups in total. The maximum atomic E-state index is 5.89. The highest BCUT2D eigenvalue weighted by Gasteiger charge is 1.97. The van der Waals surface area contributed by atoms with Crippen LogP contribution in [-0.4, -0.2) is 0 Å². The Morgan fingerprint density at radius 3 is 2.35 bits per heavy atom. The average molecular weight is 247 g/mol. The average Bonchev–Trinajstić information content (AvgIpc) is 2.37. The quantitative estimate of drug-likeness (QED) is 0.773. The zero-order valence-electron chi connectivity index (χ0n) is 9.82. The summed E-state index contributed by atoms with van der Waals surface area (Å²) < 4.78 is 5.66. The van der Waals surface area contributed by atoms with Crippen molar-refractivity contribution >= 4 is 11.6 Å². The van der Waals surface area contributed by atoms with Crippen molar-refractivity contribution in [1.29, 1.82) is 0 Å². The van der Waals surface area contributed by atoms with E-state index in [-0.39, 0.29) is 0 Å². The van der Waals surface area contributed by atoms with Crippen LogP contribution >= 0.6 is 11.6 Å². The monoisotopic (exact) mass is 246 g/mol. The first-order valence-electron chi connectivity index (χ1n) is 5.74. The summed E-state index contributed by atoms with van der Waals surface area (Å²) in [5.74, 6) is 0.803. The third-order valence-corrected chi connectivity index (χ3v) is 2.87. The van der Waals surface area contributed by atoms with E-state index in [1.807, 2.05) is 24.3 Å². The van der Waals surface area contributed by atoms with Crippen LogP contribution in [0.4, 0.5) is 0 Å². The minimum absolute atomic E-state index is 0.574. The Morgan fingerprint density at radius 1 is 1.00 bits per heavy atom. The van der Waals surface area contributed by atoms with Gasteiger partial charge in [0.1, 0.15) is 12.4 Å². The van der Waals surface area contributed by atoms with Gasteiger partial charge in [-0.1, -0.05) is 48.9 Å². The fourth-order valence-electron chi connectivity index (χ4n) is 1.59. The molecule has 0 fully saturated rings. The summed E-state index contributed by atoms with van der Waals surface area (Å²) in [6.45, 7) is 2.72. The van der Waals surface area contributed by atoms with Crippen LogP contribution in [0, 0.1) is 0 Å². The molecule has 0 saturated carbocycles. The fraction of sp³-hybridized carbons (Fsp3) is 0.200. The molecule has 0 aliphatic carbocycles. The number of aryl methyl sites for hydroxylation is 1. The minimum Gasteiger partial charge on any atom is -0.489 e. The van der Waals surface area contributed by atoms with Crippen LogP contribution in [0.5, 0.6) is 5.75 Å². The van der Waals surface area contributed by atoms with E-state index in [0.717, 1.165) is 12.2 Å². The van der Waals surface area contributed by atoms with E-state index in [9.17, 15) is 0 Å². The summed E-state index contributed by atoms with van der Waals surface area (Å²) in [6, 6.07) is 15.9. The lowest BCUT2D eigenvalue weighted by Crippen LogP contribution is -1.95. The predicted molar refractivity (Wildman–Crippen MR) is 71.6 cm³/mol. The molecule has 2 heteroatoms. The molecule has 0 spiro atoms. The standard InChI is InChI=1S/C15H15ClO/c1-2-12-6-8-13(9-7-12)11-17-15-5-3-4-14(16)10-15/h3-10H,2,11H2,1H3. The Morgan fingerprint density at radius 2 is 1.71 bits per heavy atom. The van der Waals surface area contributed by atoms with Crippen molar-refractivity contribution in [3.05, 3.63) is 64.7 Å². The van der Waals surface area contributed by atoms with Crippen molar-refractivity contribution in [3.8, 4) is 5.75 Å². The van der Waals surface area contributed by atoms with Gasteiger partial charge in [-0.05, 0) is 35.7 Å². The number of hydrogen-bond acceptors (Lipinski definition) is 1. The lowest BCUT2D eigenvalue weighted by Gasteiger charge is -2.07. The lowest BCUT2D eigenvalue weighted by molar-refractivity contribution is 0.306. The fourth-order valence-corrected chi connectivity index (χ4v) is 1.77. The number of halogens is 1. The predicted octanol–water partition coefficient (Wildman–Crippen LogP) is 4.48. The molecule has 0 bridgehead atoms. The summed E-state index contributed by atoms with van der Waals surface area (Å²) in [4.78, 5) is 0. The van der Waals surface area contributed by atoms with Crippen LogP contribution in [0.2, 0.25) is 5.02 Å². The van der Waals surface area contributed by atoms with Crippen LogP contribution in [-0.2, 0) is 13.0 Å². The summed E-state index contributed by atoms with van der Waals surface area (Å²) in [5, 5.41) is 0.698. The van der Waals surface area contributed by atoms with Gasteiger partial charge in [-0.25, -0.2) is 0 Å². The molecule has 0 amide bonds. The summed E-state index contributed by atoms with van der Waals surface area (Å²) in [7, 11) is 0. The topological polar surface area (TPSA) is 9.23 Å². The van der Waals surface area contributed by atoms with Gasteiger partial charge in [0.2, 0.25) is 0 Å². The summed E-state index contributed by atoms with van der Waals surface area (Å²) >= 11 is 5.89. The number of benzene rings is 2. The molecule has 0 heterocycles. The van der Waals surface area contributed by atoms with Crippen molar-refractivity contribution in [3.63, 3.8) is 0 Å². The third kappa shape index (κ3) is 3.50. The van der Waals surface area contributed by atoms with Gasteiger partial charge >= 0.3 is 0 Å². The number of ether oxygens (including phenoxy) is 1. The lowest BCUT2D eigenvalue weighted by atomic mass is 10.1. The first kappa shape index (κ1) is 12.0. The van der Waals surface area contributed by atoms with E-state index in [2.05, 4.69) is 31.2 Å². The molecule has 0 atom stereocenters. The summed E-state index contributed by atoms with van der Waals surface area (Å²) in [6.07, 6.45) is 1.06. The molecule has 88 valence electrons. The first-order chi connectivity index (χ1) is 8.28. The van der Waals surface area contributed by atoms with Crippen LogP contribution in [0.25, 0.3) is 0 Å². The minimum atomic E-state index is 0.574. The second-order valence-corrected chi connectivity index (χ2v) is 4.35. The van der Waals surface area contributed by atoms with Crippen molar-refractivity contribution < 1.29 is 4.74 Å². The van der Waals surface area contributed by atoms with Crippen molar-refractivity contribution in [2.24, 2.45) is 0 Å². The van der Waals surface area contributed by atoms with Crippen LogP contribution in [0.3, 0.4) is 0 Å². The van der Waals surface area contributed by atoms with Crippen LogP contribution in [0.15, 0.2) is 48.5 Å².